The molecule has 0 N–H and O–H groups in total. The van der Waals surface area contributed by atoms with Gasteiger partial charge in [0.15, 0.2) is 0 Å². The molecule has 2 rings (SSSR count). The van der Waals surface area contributed by atoms with Crippen LogP contribution in [0.1, 0.15) is 17.8 Å². The van der Waals surface area contributed by atoms with Gasteiger partial charge in [0.2, 0.25) is 5.91 Å². The number of carbonyl (C=O) groups excluding carboxylic acids is 1. The van der Waals surface area contributed by atoms with Crippen LogP contribution in [0.4, 0.5) is 0 Å². The molecule has 1 aromatic heterocycles. The quantitative estimate of drug-likeness (QED) is 0.789. The summed E-state index contributed by atoms with van der Waals surface area (Å²) in [5.41, 5.74) is 2.10. The van der Waals surface area contributed by atoms with Crippen molar-refractivity contribution in [1.29, 1.82) is 0 Å². The van der Waals surface area contributed by atoms with Crippen LogP contribution in [-0.4, -0.2) is 32.5 Å². The molecule has 88 valence electrons. The Morgan fingerprint density at radius 1 is 1.62 bits per heavy atom. The topological polar surface area (TPSA) is 38.1 Å². The third-order valence-corrected chi connectivity index (χ3v) is 3.88. The number of aryl methyl sites for hydroxylation is 2. The van der Waals surface area contributed by atoms with Crippen molar-refractivity contribution in [3.8, 4) is 0 Å². The van der Waals surface area contributed by atoms with Crippen molar-refractivity contribution >= 4 is 21.8 Å². The lowest BCUT2D eigenvalue weighted by molar-refractivity contribution is -0.128. The minimum atomic E-state index is 0.253. The van der Waals surface area contributed by atoms with E-state index in [4.69, 9.17) is 0 Å². The molecule has 0 saturated carbocycles. The molecule has 1 aliphatic heterocycles. The number of halogens is 1. The van der Waals surface area contributed by atoms with E-state index in [-0.39, 0.29) is 5.91 Å². The summed E-state index contributed by atoms with van der Waals surface area (Å²) in [5, 5.41) is 5.19. The highest BCUT2D eigenvalue weighted by atomic mass is 79.9. The molecular formula is C11H16BrN3O. The predicted molar refractivity (Wildman–Crippen MR) is 65.3 cm³/mol. The van der Waals surface area contributed by atoms with Crippen molar-refractivity contribution in [3.05, 3.63) is 17.5 Å². The molecule has 5 heteroatoms. The van der Waals surface area contributed by atoms with Gasteiger partial charge < -0.3 is 4.90 Å². The fourth-order valence-electron chi connectivity index (χ4n) is 2.12. The van der Waals surface area contributed by atoms with E-state index in [0.29, 0.717) is 18.9 Å². The molecule has 4 nitrogen and oxygen atoms in total. The van der Waals surface area contributed by atoms with E-state index in [0.717, 1.165) is 23.3 Å². The molecule has 1 amide bonds. The number of aromatic nitrogens is 2. The molecule has 2 heterocycles. The van der Waals surface area contributed by atoms with Gasteiger partial charge in [0.05, 0.1) is 17.9 Å². The third-order valence-electron chi connectivity index (χ3n) is 2.96. The Labute approximate surface area is 104 Å². The number of hydrogen-bond donors (Lipinski definition) is 0. The van der Waals surface area contributed by atoms with E-state index in [9.17, 15) is 4.79 Å². The van der Waals surface area contributed by atoms with Crippen LogP contribution in [0, 0.1) is 12.8 Å². The number of hydrogen-bond acceptors (Lipinski definition) is 2. The first-order chi connectivity index (χ1) is 7.60. The van der Waals surface area contributed by atoms with Crippen molar-refractivity contribution in [2.24, 2.45) is 13.0 Å². The summed E-state index contributed by atoms with van der Waals surface area (Å²) in [4.78, 5) is 13.7. The average Bonchev–Trinajstić information content (AvgIpc) is 2.72. The highest BCUT2D eigenvalue weighted by Crippen LogP contribution is 2.21. The van der Waals surface area contributed by atoms with Gasteiger partial charge in [0.1, 0.15) is 0 Å². The van der Waals surface area contributed by atoms with Gasteiger partial charge in [-0.05, 0) is 18.9 Å². The Kier molecular flexibility index (Phi) is 3.33. The van der Waals surface area contributed by atoms with Crippen molar-refractivity contribution in [2.75, 3.05) is 11.9 Å². The van der Waals surface area contributed by atoms with Gasteiger partial charge in [-0.3, -0.25) is 9.48 Å². The molecule has 1 atom stereocenters. The zero-order valence-electron chi connectivity index (χ0n) is 9.61. The van der Waals surface area contributed by atoms with Gasteiger partial charge in [-0.2, -0.15) is 5.10 Å². The summed E-state index contributed by atoms with van der Waals surface area (Å²) in [6.45, 7) is 3.50. The predicted octanol–water partition coefficient (Wildman–Crippen LogP) is 1.47. The largest absolute Gasteiger partial charge is 0.336 e. The molecular weight excluding hydrogens is 270 g/mol. The average molecular weight is 286 g/mol. The molecule has 0 radical (unpaired) electrons. The highest BCUT2D eigenvalue weighted by molar-refractivity contribution is 9.09. The highest BCUT2D eigenvalue weighted by Gasteiger charge is 2.29. The van der Waals surface area contributed by atoms with Crippen molar-refractivity contribution in [3.63, 3.8) is 0 Å². The number of likely N-dealkylation sites (tertiary alicyclic amines) is 1. The maximum atomic E-state index is 11.7. The van der Waals surface area contributed by atoms with Gasteiger partial charge in [-0.25, -0.2) is 0 Å². The minimum absolute atomic E-state index is 0.253. The number of amides is 1. The molecule has 1 unspecified atom stereocenters. The SMILES string of the molecule is Cc1cc(CN2CC(CBr)CC2=O)n(C)n1. The second-order valence-electron chi connectivity index (χ2n) is 4.40. The second-order valence-corrected chi connectivity index (χ2v) is 5.05. The molecule has 0 spiro atoms. The zero-order valence-corrected chi connectivity index (χ0v) is 11.2. The third kappa shape index (κ3) is 2.29. The first-order valence-corrected chi connectivity index (χ1v) is 6.55. The summed E-state index contributed by atoms with van der Waals surface area (Å²) in [6, 6.07) is 2.04. The molecule has 0 aromatic carbocycles. The van der Waals surface area contributed by atoms with Gasteiger partial charge >= 0.3 is 0 Å². The minimum Gasteiger partial charge on any atom is -0.336 e. The van der Waals surface area contributed by atoms with Gasteiger partial charge in [-0.15, -0.1) is 0 Å². The number of alkyl halides is 1. The number of rotatable bonds is 3. The van der Waals surface area contributed by atoms with Crippen molar-refractivity contribution in [2.45, 2.75) is 19.9 Å². The number of carbonyl (C=O) groups is 1. The maximum absolute atomic E-state index is 11.7. The van der Waals surface area contributed by atoms with Crippen LogP contribution < -0.4 is 0 Å². The number of nitrogens with zero attached hydrogens (tertiary/aromatic N) is 3. The maximum Gasteiger partial charge on any atom is 0.223 e. The van der Waals surface area contributed by atoms with E-state index in [1.807, 2.05) is 29.6 Å². The molecule has 16 heavy (non-hydrogen) atoms. The fourth-order valence-corrected chi connectivity index (χ4v) is 2.55. The van der Waals surface area contributed by atoms with Crippen LogP contribution in [0.25, 0.3) is 0 Å². The van der Waals surface area contributed by atoms with E-state index in [1.54, 1.807) is 0 Å². The van der Waals surface area contributed by atoms with Crippen LogP contribution in [-0.2, 0) is 18.4 Å². The Balaban J connectivity index is 2.05. The molecule has 1 aromatic rings. The van der Waals surface area contributed by atoms with Gasteiger partial charge in [0.25, 0.3) is 0 Å². The van der Waals surface area contributed by atoms with Gasteiger partial charge in [-0.1, -0.05) is 15.9 Å². The van der Waals surface area contributed by atoms with Crippen molar-refractivity contribution < 1.29 is 4.79 Å². The van der Waals surface area contributed by atoms with Crippen molar-refractivity contribution in [1.82, 2.24) is 14.7 Å². The molecule has 0 bridgehead atoms. The molecule has 1 aliphatic rings. The second kappa shape index (κ2) is 4.57. The van der Waals surface area contributed by atoms with E-state index >= 15 is 0 Å². The molecule has 0 aliphatic carbocycles. The van der Waals surface area contributed by atoms with Gasteiger partial charge in [0, 0.05) is 25.3 Å². The lowest BCUT2D eigenvalue weighted by Crippen LogP contribution is -2.25. The Morgan fingerprint density at radius 3 is 2.88 bits per heavy atom. The lowest BCUT2D eigenvalue weighted by Gasteiger charge is -2.16. The Hall–Kier alpha value is -0.840. The van der Waals surface area contributed by atoms with E-state index in [1.165, 1.54) is 0 Å². The summed E-state index contributed by atoms with van der Waals surface area (Å²) in [5.74, 6) is 0.713. The van der Waals surface area contributed by atoms with Crippen LogP contribution in [0.2, 0.25) is 0 Å². The first kappa shape index (κ1) is 11.6. The Bertz CT molecular complexity index is 402. The normalized spacial score (nSPS) is 20.8. The Morgan fingerprint density at radius 2 is 2.38 bits per heavy atom. The molecule has 1 fully saturated rings. The van der Waals surface area contributed by atoms with Crippen LogP contribution >= 0.6 is 15.9 Å². The van der Waals surface area contributed by atoms with Crippen LogP contribution in [0.15, 0.2) is 6.07 Å². The zero-order chi connectivity index (χ0) is 11.7. The van der Waals surface area contributed by atoms with E-state index < -0.39 is 0 Å². The summed E-state index contributed by atoms with van der Waals surface area (Å²) < 4.78 is 1.85. The molecule has 1 saturated heterocycles. The lowest BCUT2D eigenvalue weighted by atomic mass is 10.2. The smallest absolute Gasteiger partial charge is 0.223 e. The first-order valence-electron chi connectivity index (χ1n) is 5.43. The van der Waals surface area contributed by atoms with Crippen LogP contribution in [0.5, 0.6) is 0 Å². The monoisotopic (exact) mass is 285 g/mol. The summed E-state index contributed by atoms with van der Waals surface area (Å²) in [6.07, 6.45) is 0.669. The van der Waals surface area contributed by atoms with Crippen LogP contribution in [0.3, 0.4) is 0 Å². The standard InChI is InChI=1S/C11H16BrN3O/c1-8-3-10(14(2)13-8)7-15-6-9(5-12)4-11(15)16/h3,9H,4-7H2,1-2H3. The van der Waals surface area contributed by atoms with E-state index in [2.05, 4.69) is 21.0 Å². The summed E-state index contributed by atoms with van der Waals surface area (Å²) in [7, 11) is 1.92. The fraction of sp³-hybridized carbons (Fsp3) is 0.636. The summed E-state index contributed by atoms with van der Waals surface area (Å²) >= 11 is 3.44.